The van der Waals surface area contributed by atoms with Gasteiger partial charge in [-0.15, -0.1) is 0 Å². The molecule has 2 rings (SSSR count). The van der Waals surface area contributed by atoms with E-state index < -0.39 is 5.82 Å². The molecule has 0 amide bonds. The van der Waals surface area contributed by atoms with Gasteiger partial charge in [-0.2, -0.15) is 5.10 Å². The first-order valence-corrected chi connectivity index (χ1v) is 7.24. The van der Waals surface area contributed by atoms with Gasteiger partial charge in [0.15, 0.2) is 0 Å². The molecule has 2 aromatic rings. The Hall–Kier alpha value is -1.55. The monoisotopic (exact) mass is 295 g/mol. The van der Waals surface area contributed by atoms with E-state index in [2.05, 4.69) is 24.3 Å². The Labute approximate surface area is 123 Å². The van der Waals surface area contributed by atoms with Crippen molar-refractivity contribution in [3.8, 4) is 0 Å². The lowest BCUT2D eigenvalue weighted by Crippen LogP contribution is -2.09. The molecular formula is C15H19ClFN3. The Morgan fingerprint density at radius 1 is 1.30 bits per heavy atom. The number of hydrogen-bond acceptors (Lipinski definition) is 2. The molecular weight excluding hydrogens is 277 g/mol. The third kappa shape index (κ3) is 3.51. The summed E-state index contributed by atoms with van der Waals surface area (Å²) in [6.07, 6.45) is 4.12. The van der Waals surface area contributed by atoms with Gasteiger partial charge in [0.05, 0.1) is 23.3 Å². The first-order chi connectivity index (χ1) is 9.63. The zero-order valence-electron chi connectivity index (χ0n) is 11.7. The number of benzene rings is 1. The molecule has 0 aliphatic carbocycles. The first-order valence-electron chi connectivity index (χ1n) is 6.87. The van der Waals surface area contributed by atoms with E-state index in [1.165, 1.54) is 6.07 Å². The molecule has 0 saturated heterocycles. The van der Waals surface area contributed by atoms with Crippen molar-refractivity contribution in [2.45, 2.75) is 39.3 Å². The van der Waals surface area contributed by atoms with Crippen LogP contribution in [0.3, 0.4) is 0 Å². The SMILES string of the molecule is CCC(CC)n1ccc(CNc2ccc(Cl)c(F)c2)n1. The molecule has 20 heavy (non-hydrogen) atoms. The minimum absolute atomic E-state index is 0.133. The molecule has 0 aliphatic rings. The predicted octanol–water partition coefficient (Wildman–Crippen LogP) is 4.65. The minimum atomic E-state index is -0.417. The standard InChI is InChI=1S/C15H19ClFN3/c1-3-13(4-2)20-8-7-12(19-20)10-18-11-5-6-14(16)15(17)9-11/h5-9,13,18H,3-4,10H2,1-2H3. The lowest BCUT2D eigenvalue weighted by molar-refractivity contribution is 0.426. The summed E-state index contributed by atoms with van der Waals surface area (Å²) < 4.78 is 15.3. The van der Waals surface area contributed by atoms with Crippen molar-refractivity contribution >= 4 is 17.3 Å². The van der Waals surface area contributed by atoms with Crippen molar-refractivity contribution in [1.29, 1.82) is 0 Å². The van der Waals surface area contributed by atoms with Crippen molar-refractivity contribution in [2.75, 3.05) is 5.32 Å². The predicted molar refractivity (Wildman–Crippen MR) is 80.6 cm³/mol. The summed E-state index contributed by atoms with van der Waals surface area (Å²) in [5.41, 5.74) is 1.64. The highest BCUT2D eigenvalue weighted by molar-refractivity contribution is 6.30. The van der Waals surface area contributed by atoms with Crippen molar-refractivity contribution in [2.24, 2.45) is 0 Å². The summed E-state index contributed by atoms with van der Waals surface area (Å²) >= 11 is 5.65. The summed E-state index contributed by atoms with van der Waals surface area (Å²) in [5.74, 6) is -0.417. The first kappa shape index (κ1) is 14.9. The van der Waals surface area contributed by atoms with E-state index in [1.807, 2.05) is 16.9 Å². The van der Waals surface area contributed by atoms with Gasteiger partial charge in [0.25, 0.3) is 0 Å². The maximum atomic E-state index is 13.3. The number of nitrogens with one attached hydrogen (secondary N) is 1. The van der Waals surface area contributed by atoms with Crippen LogP contribution in [0, 0.1) is 5.82 Å². The fraction of sp³-hybridized carbons (Fsp3) is 0.400. The highest BCUT2D eigenvalue weighted by atomic mass is 35.5. The molecule has 0 fully saturated rings. The molecule has 0 spiro atoms. The van der Waals surface area contributed by atoms with E-state index in [9.17, 15) is 4.39 Å². The molecule has 1 heterocycles. The van der Waals surface area contributed by atoms with Crippen LogP contribution in [0.2, 0.25) is 5.02 Å². The van der Waals surface area contributed by atoms with Gasteiger partial charge in [-0.3, -0.25) is 4.68 Å². The molecule has 3 nitrogen and oxygen atoms in total. The lowest BCUT2D eigenvalue weighted by Gasteiger charge is -2.12. The van der Waals surface area contributed by atoms with Crippen LogP contribution in [0.15, 0.2) is 30.5 Å². The second kappa shape index (κ2) is 6.75. The van der Waals surface area contributed by atoms with Crippen LogP contribution in [0.5, 0.6) is 0 Å². The Balaban J connectivity index is 1.98. The van der Waals surface area contributed by atoms with Gasteiger partial charge in [0.1, 0.15) is 5.82 Å². The topological polar surface area (TPSA) is 29.9 Å². The molecule has 1 N–H and O–H groups in total. The minimum Gasteiger partial charge on any atom is -0.379 e. The zero-order valence-corrected chi connectivity index (χ0v) is 12.5. The molecule has 0 atom stereocenters. The van der Waals surface area contributed by atoms with E-state index >= 15 is 0 Å². The van der Waals surface area contributed by atoms with E-state index in [0.717, 1.165) is 18.5 Å². The number of rotatable bonds is 6. The number of nitrogens with zero attached hydrogens (tertiary/aromatic N) is 2. The summed E-state index contributed by atoms with van der Waals surface area (Å²) in [4.78, 5) is 0. The molecule has 1 aromatic heterocycles. The van der Waals surface area contributed by atoms with Crippen molar-refractivity contribution in [1.82, 2.24) is 9.78 Å². The van der Waals surface area contributed by atoms with Crippen molar-refractivity contribution < 1.29 is 4.39 Å². The molecule has 5 heteroatoms. The normalized spacial score (nSPS) is 11.1. The highest BCUT2D eigenvalue weighted by Crippen LogP contribution is 2.19. The fourth-order valence-electron chi connectivity index (χ4n) is 2.14. The van der Waals surface area contributed by atoms with Gasteiger partial charge in [-0.1, -0.05) is 25.4 Å². The Morgan fingerprint density at radius 2 is 2.05 bits per heavy atom. The van der Waals surface area contributed by atoms with Crippen LogP contribution >= 0.6 is 11.6 Å². The molecule has 0 unspecified atom stereocenters. The second-order valence-corrected chi connectivity index (χ2v) is 5.15. The largest absolute Gasteiger partial charge is 0.379 e. The van der Waals surface area contributed by atoms with E-state index in [-0.39, 0.29) is 5.02 Å². The van der Waals surface area contributed by atoms with Gasteiger partial charge in [0.2, 0.25) is 0 Å². The third-order valence-corrected chi connectivity index (χ3v) is 3.68. The Kier molecular flexibility index (Phi) is 5.01. The average Bonchev–Trinajstić information content (AvgIpc) is 2.90. The molecule has 0 saturated carbocycles. The quantitative estimate of drug-likeness (QED) is 0.841. The summed E-state index contributed by atoms with van der Waals surface area (Å²) in [6.45, 7) is 4.88. The average molecular weight is 296 g/mol. The summed E-state index contributed by atoms with van der Waals surface area (Å²) in [6, 6.07) is 7.11. The molecule has 0 bridgehead atoms. The smallest absolute Gasteiger partial charge is 0.143 e. The van der Waals surface area contributed by atoms with Gasteiger partial charge < -0.3 is 5.32 Å². The van der Waals surface area contributed by atoms with Gasteiger partial charge in [-0.05, 0) is 37.1 Å². The van der Waals surface area contributed by atoms with E-state index in [0.29, 0.717) is 18.3 Å². The van der Waals surface area contributed by atoms with Crippen LogP contribution in [-0.4, -0.2) is 9.78 Å². The molecule has 1 aromatic carbocycles. The van der Waals surface area contributed by atoms with Gasteiger partial charge in [-0.25, -0.2) is 4.39 Å². The highest BCUT2D eigenvalue weighted by Gasteiger charge is 2.08. The Bertz CT molecular complexity index is 564. The van der Waals surface area contributed by atoms with Crippen molar-refractivity contribution in [3.63, 3.8) is 0 Å². The molecule has 0 aliphatic heterocycles. The third-order valence-electron chi connectivity index (χ3n) is 3.37. The maximum absolute atomic E-state index is 13.3. The lowest BCUT2D eigenvalue weighted by atomic mass is 10.2. The molecule has 0 radical (unpaired) electrons. The van der Waals surface area contributed by atoms with Crippen LogP contribution in [-0.2, 0) is 6.54 Å². The van der Waals surface area contributed by atoms with Gasteiger partial charge in [0, 0.05) is 11.9 Å². The maximum Gasteiger partial charge on any atom is 0.143 e. The van der Waals surface area contributed by atoms with Crippen LogP contribution in [0.4, 0.5) is 10.1 Å². The number of anilines is 1. The van der Waals surface area contributed by atoms with Crippen LogP contribution in [0.25, 0.3) is 0 Å². The van der Waals surface area contributed by atoms with Crippen molar-refractivity contribution in [3.05, 3.63) is 47.0 Å². The Morgan fingerprint density at radius 3 is 2.70 bits per heavy atom. The number of hydrogen-bond donors (Lipinski definition) is 1. The van der Waals surface area contributed by atoms with Crippen LogP contribution < -0.4 is 5.32 Å². The van der Waals surface area contributed by atoms with E-state index in [1.54, 1.807) is 12.1 Å². The van der Waals surface area contributed by atoms with Crippen LogP contribution in [0.1, 0.15) is 38.4 Å². The number of aromatic nitrogens is 2. The summed E-state index contributed by atoms with van der Waals surface area (Å²) in [7, 11) is 0. The number of halogens is 2. The fourth-order valence-corrected chi connectivity index (χ4v) is 2.25. The zero-order chi connectivity index (χ0) is 14.5. The molecule has 108 valence electrons. The van der Waals surface area contributed by atoms with E-state index in [4.69, 9.17) is 11.6 Å². The van der Waals surface area contributed by atoms with Gasteiger partial charge >= 0.3 is 0 Å². The summed E-state index contributed by atoms with van der Waals surface area (Å²) in [5, 5.41) is 7.82. The second-order valence-electron chi connectivity index (χ2n) is 4.74.